The van der Waals surface area contributed by atoms with Crippen molar-refractivity contribution in [3.05, 3.63) is 47.6 Å². The number of cyclic esters (lactones) is 1. The molecule has 0 spiro atoms. The largest absolute Gasteiger partial charge is 0.457 e. The van der Waals surface area contributed by atoms with Crippen LogP contribution in [0, 0.1) is 29.6 Å². The average molecular weight is 918 g/mol. The van der Waals surface area contributed by atoms with Crippen molar-refractivity contribution in [2.45, 2.75) is 179 Å². The van der Waals surface area contributed by atoms with E-state index in [1.54, 1.807) is 34.8 Å². The molecule has 65 heavy (non-hydrogen) atoms. The van der Waals surface area contributed by atoms with Crippen LogP contribution >= 0.6 is 0 Å². The van der Waals surface area contributed by atoms with Crippen LogP contribution in [0.3, 0.4) is 0 Å². The standard InChI is InChI=1S/C50H76FNO13/c1-29-15-11-10-12-16-30(2)41(61-7)27-36-20-18-34(6)50(60,65-36)47(57)48(58)52-22-14-13-17-38(52)49(59)64-42(37(51)25-35-19-21-39(53)43(26-35)62-8)28-40(54)31(3)24-33(5)45(56)46(63-9)44(55)32(4)23-29/h10-12,15-16,24,29,31-32,34-39,41-43,45-46,53,56,60H,13-14,17-23,25-28H2,1-9H3/b12-10+,15-11+,30-16+,33-24+/t29-,31-,32-,34-,35+,36+,37-,38+,39-,41+,42+,43-,45-,46+,50-/m1/s1. The molecular formula is C50H76FNO13. The topological polar surface area (TPSA) is 195 Å². The van der Waals surface area contributed by atoms with Gasteiger partial charge in [-0.1, -0.05) is 64.2 Å². The summed E-state index contributed by atoms with van der Waals surface area (Å²) in [6.45, 7) is 10.4. The highest BCUT2D eigenvalue weighted by Gasteiger charge is 2.53. The number of amides is 1. The number of aliphatic hydroxyl groups is 3. The van der Waals surface area contributed by atoms with Crippen molar-refractivity contribution in [2.24, 2.45) is 29.6 Å². The SMILES string of the molecule is CO[C@H]1C[C@@H]2CC[C@@H](C)[C@@](O)(O2)C(=O)C(=O)N2CCCC[C@H]2C(=O)O[C@H]([C@H](F)C[C@@H]2CC[C@@H](O)[C@H](OC)C2)CC(=O)[C@H](C)/C=C(\C)[C@@H](O)[C@@H](OC)C(=O)[C@H](C)C[C@H](C)/C=C/C=C/C=C/1C. The lowest BCUT2D eigenvalue weighted by Crippen LogP contribution is -2.61. The number of ether oxygens (including phenoxy) is 5. The number of alkyl halides is 1. The van der Waals surface area contributed by atoms with Crippen LogP contribution in [-0.4, -0.2) is 138 Å². The quantitative estimate of drug-likeness (QED) is 0.163. The van der Waals surface area contributed by atoms with E-state index < -0.39 is 108 Å². The van der Waals surface area contributed by atoms with Gasteiger partial charge in [-0.15, -0.1) is 0 Å². The summed E-state index contributed by atoms with van der Waals surface area (Å²) >= 11 is 0. The van der Waals surface area contributed by atoms with E-state index in [0.29, 0.717) is 56.9 Å². The fourth-order valence-electron chi connectivity index (χ4n) is 9.79. The van der Waals surface area contributed by atoms with Crippen molar-refractivity contribution in [2.75, 3.05) is 27.9 Å². The van der Waals surface area contributed by atoms with Crippen molar-refractivity contribution in [1.82, 2.24) is 4.90 Å². The van der Waals surface area contributed by atoms with Crippen LogP contribution in [0.25, 0.3) is 0 Å². The maximum absolute atomic E-state index is 16.7. The molecule has 0 radical (unpaired) electrons. The van der Waals surface area contributed by atoms with Gasteiger partial charge in [0.2, 0.25) is 5.79 Å². The first-order valence-corrected chi connectivity index (χ1v) is 23.6. The lowest BCUT2D eigenvalue weighted by molar-refractivity contribution is -0.265. The molecule has 0 aromatic rings. The second-order valence-electron chi connectivity index (χ2n) is 19.1. The molecule has 3 N–H and O–H groups in total. The minimum absolute atomic E-state index is 0.00573. The number of piperidine rings is 1. The molecule has 366 valence electrons. The van der Waals surface area contributed by atoms with Crippen LogP contribution in [0.4, 0.5) is 4.39 Å². The Morgan fingerprint density at radius 3 is 2.26 bits per heavy atom. The van der Waals surface area contributed by atoms with Gasteiger partial charge in [-0.25, -0.2) is 9.18 Å². The zero-order chi connectivity index (χ0) is 48.2. The second kappa shape index (κ2) is 25.1. The molecule has 0 aromatic carbocycles. The molecule has 15 heteroatoms. The van der Waals surface area contributed by atoms with Crippen LogP contribution in [0.5, 0.6) is 0 Å². The summed E-state index contributed by atoms with van der Waals surface area (Å²) in [5.74, 6) is -9.04. The van der Waals surface area contributed by atoms with Gasteiger partial charge in [-0.05, 0) is 101 Å². The third-order valence-corrected chi connectivity index (χ3v) is 14.1. The number of aliphatic hydroxyl groups excluding tert-OH is 2. The third kappa shape index (κ3) is 14.3. The van der Waals surface area contributed by atoms with Crippen LogP contribution in [0.1, 0.15) is 119 Å². The Labute approximate surface area is 385 Å². The first-order chi connectivity index (χ1) is 30.7. The normalized spacial score (nSPS) is 40.4. The summed E-state index contributed by atoms with van der Waals surface area (Å²) in [4.78, 5) is 71.1. The lowest BCUT2D eigenvalue weighted by Gasteiger charge is -2.42. The molecule has 14 nitrogen and oxygen atoms in total. The predicted molar refractivity (Wildman–Crippen MR) is 241 cm³/mol. The zero-order valence-corrected chi connectivity index (χ0v) is 40.0. The molecule has 4 rings (SSSR count). The van der Waals surface area contributed by atoms with E-state index in [4.69, 9.17) is 23.7 Å². The molecular weight excluding hydrogens is 842 g/mol. The number of carbonyl (C=O) groups excluding carboxylic acids is 5. The highest BCUT2D eigenvalue weighted by molar-refractivity contribution is 6.39. The smallest absolute Gasteiger partial charge is 0.329 e. The van der Waals surface area contributed by atoms with Gasteiger partial charge < -0.3 is 43.9 Å². The van der Waals surface area contributed by atoms with Gasteiger partial charge in [0, 0.05) is 58.5 Å². The highest BCUT2D eigenvalue weighted by Crippen LogP contribution is 2.37. The number of nitrogens with zero attached hydrogens (tertiary/aromatic N) is 1. The van der Waals surface area contributed by atoms with Crippen molar-refractivity contribution in [1.29, 1.82) is 0 Å². The number of halogens is 1. The minimum atomic E-state index is -2.49. The molecule has 1 aliphatic carbocycles. The summed E-state index contributed by atoms with van der Waals surface area (Å²) in [6, 6.07) is -1.31. The molecule has 3 aliphatic heterocycles. The van der Waals surface area contributed by atoms with Gasteiger partial charge in [-0.2, -0.15) is 0 Å². The average Bonchev–Trinajstić information content (AvgIpc) is 3.28. The van der Waals surface area contributed by atoms with Crippen molar-refractivity contribution in [3.8, 4) is 0 Å². The van der Waals surface area contributed by atoms with Crippen LogP contribution in [-0.2, 0) is 47.7 Å². The number of esters is 1. The van der Waals surface area contributed by atoms with Gasteiger partial charge in [0.25, 0.3) is 11.7 Å². The highest BCUT2D eigenvalue weighted by atomic mass is 19.1. The predicted octanol–water partition coefficient (Wildman–Crippen LogP) is 5.88. The number of rotatable bonds is 6. The van der Waals surface area contributed by atoms with Crippen molar-refractivity contribution < 1.29 is 67.4 Å². The van der Waals surface area contributed by atoms with Crippen LogP contribution in [0.2, 0.25) is 0 Å². The van der Waals surface area contributed by atoms with E-state index >= 15 is 4.39 Å². The fraction of sp³-hybridized carbons (Fsp3) is 0.740. The number of allylic oxidation sites excluding steroid dienone is 6. The molecule has 2 saturated heterocycles. The van der Waals surface area contributed by atoms with Crippen molar-refractivity contribution >= 4 is 29.2 Å². The number of ketones is 3. The number of fused-ring (bicyclic) bond motifs is 3. The summed E-state index contributed by atoms with van der Waals surface area (Å²) in [7, 11) is 4.36. The zero-order valence-electron chi connectivity index (χ0n) is 40.0. The number of hydrogen-bond acceptors (Lipinski definition) is 13. The van der Waals surface area contributed by atoms with Gasteiger partial charge in [0.05, 0.1) is 24.4 Å². The molecule has 4 aliphatic rings. The Morgan fingerprint density at radius 2 is 1.58 bits per heavy atom. The number of Topliss-reactive ketones (excluding diaryl/α,β-unsaturated/α-hetero) is 3. The Bertz CT molecular complexity index is 1760. The Balaban J connectivity index is 1.70. The molecule has 0 unspecified atom stereocenters. The fourth-order valence-corrected chi connectivity index (χ4v) is 9.79. The monoisotopic (exact) mass is 918 g/mol. The Morgan fingerprint density at radius 1 is 0.862 bits per heavy atom. The molecule has 2 bridgehead atoms. The van der Waals surface area contributed by atoms with Gasteiger partial charge in [0.1, 0.15) is 36.3 Å². The number of carbonyl (C=O) groups is 5. The van der Waals surface area contributed by atoms with E-state index in [1.807, 2.05) is 44.2 Å². The molecule has 15 atom stereocenters. The van der Waals surface area contributed by atoms with E-state index in [1.165, 1.54) is 20.3 Å². The Kier molecular flexibility index (Phi) is 20.9. The van der Waals surface area contributed by atoms with E-state index in [0.717, 1.165) is 10.5 Å². The van der Waals surface area contributed by atoms with E-state index in [2.05, 4.69) is 0 Å². The molecule has 1 saturated carbocycles. The maximum Gasteiger partial charge on any atom is 0.329 e. The molecule has 3 heterocycles. The first kappa shape index (κ1) is 54.2. The summed E-state index contributed by atoms with van der Waals surface area (Å²) in [6.07, 6.45) is 5.82. The summed E-state index contributed by atoms with van der Waals surface area (Å²) in [5, 5.41) is 33.6. The third-order valence-electron chi connectivity index (χ3n) is 14.1. The maximum atomic E-state index is 16.7. The van der Waals surface area contributed by atoms with Gasteiger partial charge in [0.15, 0.2) is 5.78 Å². The minimum Gasteiger partial charge on any atom is -0.457 e. The van der Waals surface area contributed by atoms with Gasteiger partial charge >= 0.3 is 5.97 Å². The Hall–Kier alpha value is -3.44. The molecule has 0 aromatic heterocycles. The van der Waals surface area contributed by atoms with Gasteiger partial charge in [-0.3, -0.25) is 19.2 Å². The number of hydrogen-bond donors (Lipinski definition) is 3. The van der Waals surface area contributed by atoms with Crippen LogP contribution in [0.15, 0.2) is 47.6 Å². The van der Waals surface area contributed by atoms with Crippen molar-refractivity contribution in [3.63, 3.8) is 0 Å². The lowest BCUT2D eigenvalue weighted by atomic mass is 9.81. The molecule has 1 amide bonds. The number of methoxy groups -OCH3 is 3. The summed E-state index contributed by atoms with van der Waals surface area (Å²) in [5.41, 5.74) is 1.15. The van der Waals surface area contributed by atoms with Crippen LogP contribution < -0.4 is 0 Å². The first-order valence-electron chi connectivity index (χ1n) is 23.6. The van der Waals surface area contributed by atoms with E-state index in [-0.39, 0.29) is 43.4 Å². The molecule has 3 fully saturated rings. The second-order valence-corrected chi connectivity index (χ2v) is 19.1. The summed E-state index contributed by atoms with van der Waals surface area (Å²) < 4.78 is 45.4. The van der Waals surface area contributed by atoms with E-state index in [9.17, 15) is 39.3 Å².